The normalized spacial score (nSPS) is 10.0. The molecule has 0 spiro atoms. The fraction of sp³-hybridized carbons (Fsp3) is 0.750. The monoisotopic (exact) mass is 148 g/mol. The Labute approximate surface area is 60.3 Å². The third-order valence-electron chi connectivity index (χ3n) is 0.714. The summed E-state index contributed by atoms with van der Waals surface area (Å²) < 4.78 is -0.130. The van der Waals surface area contributed by atoms with Gasteiger partial charge >= 0.3 is 0 Å². The van der Waals surface area contributed by atoms with Crippen molar-refractivity contribution < 1.29 is 0 Å². The number of nitrogens with zero attached hydrogens (tertiary/aromatic N) is 2. The van der Waals surface area contributed by atoms with Crippen LogP contribution in [0.2, 0.25) is 0 Å². The van der Waals surface area contributed by atoms with Crippen LogP contribution in [0.25, 0.3) is 0 Å². The van der Waals surface area contributed by atoms with Gasteiger partial charge in [0, 0.05) is 0 Å². The summed E-state index contributed by atoms with van der Waals surface area (Å²) in [6.07, 6.45) is 0. The molecule has 0 aromatic rings. The molecule has 2 nitrogen and oxygen atoms in total. The van der Waals surface area contributed by atoms with Gasteiger partial charge in [-0.3, -0.25) is 4.90 Å². The molecule has 4 heteroatoms. The molecule has 0 saturated heterocycles. The van der Waals surface area contributed by atoms with Gasteiger partial charge in [-0.15, -0.1) is 25.3 Å². The number of rotatable bonds is 2. The Kier molecular flexibility index (Phi) is 4.15. The van der Waals surface area contributed by atoms with E-state index in [0.717, 1.165) is 0 Å². The van der Waals surface area contributed by atoms with Gasteiger partial charge in [0.15, 0.2) is 0 Å². The quantitative estimate of drug-likeness (QED) is 0.340. The molecule has 0 aromatic carbocycles. The summed E-state index contributed by atoms with van der Waals surface area (Å²) in [5.41, 5.74) is 0. The van der Waals surface area contributed by atoms with Crippen LogP contribution in [-0.4, -0.2) is 23.2 Å². The number of hydrogen-bond acceptors (Lipinski definition) is 4. The first-order valence-corrected chi connectivity index (χ1v) is 3.15. The first kappa shape index (κ1) is 8.15. The fourth-order valence-corrected chi connectivity index (χ4v) is 0.356. The first-order valence-electron chi connectivity index (χ1n) is 2.12. The molecule has 0 heterocycles. The molecule has 0 bridgehead atoms. The van der Waals surface area contributed by atoms with Gasteiger partial charge in [-0.05, 0) is 7.05 Å². The maximum atomic E-state index is 8.13. The topological polar surface area (TPSA) is 27.0 Å². The molecule has 0 aliphatic carbocycles. The molecule has 0 amide bonds. The Bertz CT molecular complexity index is 96.7. The molecule has 0 saturated carbocycles. The van der Waals surface area contributed by atoms with Crippen LogP contribution in [0.1, 0.15) is 0 Å². The van der Waals surface area contributed by atoms with Gasteiger partial charge in [-0.25, -0.2) is 0 Å². The van der Waals surface area contributed by atoms with Crippen molar-refractivity contribution in [3.05, 3.63) is 0 Å². The van der Waals surface area contributed by atoms with Crippen LogP contribution in [0.5, 0.6) is 0 Å². The smallest absolute Gasteiger partial charge is 0.0975 e. The maximum absolute atomic E-state index is 8.13. The second-order valence-corrected chi connectivity index (χ2v) is 2.81. The number of hydrogen-bond donors (Lipinski definition) is 2. The first-order chi connectivity index (χ1) is 3.68. The molecule has 0 aromatic heterocycles. The average molecular weight is 148 g/mol. The molecule has 0 aliphatic rings. The molecule has 0 unspecified atom stereocenters. The molecule has 0 aliphatic heterocycles. The van der Waals surface area contributed by atoms with E-state index in [1.165, 1.54) is 0 Å². The Hall–Kier alpha value is 0.150. The zero-order valence-electron chi connectivity index (χ0n) is 4.57. The van der Waals surface area contributed by atoms with E-state index in [0.29, 0.717) is 6.54 Å². The van der Waals surface area contributed by atoms with Crippen molar-refractivity contribution >= 4 is 25.3 Å². The van der Waals surface area contributed by atoms with Crippen molar-refractivity contribution in [1.29, 1.82) is 5.26 Å². The van der Waals surface area contributed by atoms with E-state index in [-0.39, 0.29) is 4.71 Å². The van der Waals surface area contributed by atoms with Crippen molar-refractivity contribution in [2.24, 2.45) is 0 Å². The minimum atomic E-state index is -0.130. The standard InChI is InChI=1S/C4H8N2S2/c1-6(3-2-5)4(7)8/h4,7-8H,3H2,1H3. The molecular weight excluding hydrogens is 140 g/mol. The lowest BCUT2D eigenvalue weighted by Gasteiger charge is -2.13. The van der Waals surface area contributed by atoms with Crippen molar-refractivity contribution in [1.82, 2.24) is 4.90 Å². The van der Waals surface area contributed by atoms with Crippen molar-refractivity contribution in [2.45, 2.75) is 4.71 Å². The number of thiol groups is 2. The second kappa shape index (κ2) is 4.07. The van der Waals surface area contributed by atoms with E-state index in [2.05, 4.69) is 25.3 Å². The predicted molar refractivity (Wildman–Crippen MR) is 40.0 cm³/mol. The summed E-state index contributed by atoms with van der Waals surface area (Å²) in [4.78, 5) is 1.71. The van der Waals surface area contributed by atoms with Crippen LogP contribution < -0.4 is 0 Å². The highest BCUT2D eigenvalue weighted by atomic mass is 32.2. The van der Waals surface area contributed by atoms with Crippen LogP contribution in [-0.2, 0) is 0 Å². The molecule has 46 valence electrons. The summed E-state index contributed by atoms with van der Waals surface area (Å²) >= 11 is 7.93. The zero-order chi connectivity index (χ0) is 6.57. The van der Waals surface area contributed by atoms with E-state index < -0.39 is 0 Å². The molecule has 0 fully saturated rings. The van der Waals surface area contributed by atoms with Crippen LogP contribution in [0.3, 0.4) is 0 Å². The lowest BCUT2D eigenvalue weighted by atomic mass is 10.7. The van der Waals surface area contributed by atoms with E-state index in [9.17, 15) is 0 Å². The van der Waals surface area contributed by atoms with E-state index in [1.807, 2.05) is 6.07 Å². The van der Waals surface area contributed by atoms with Gasteiger partial charge in [0.1, 0.15) is 0 Å². The zero-order valence-corrected chi connectivity index (χ0v) is 6.36. The largest absolute Gasteiger partial charge is 0.273 e. The highest BCUT2D eigenvalue weighted by Gasteiger charge is 2.00. The predicted octanol–water partition coefficient (Wildman–Crippen LogP) is 0.585. The van der Waals surface area contributed by atoms with E-state index in [1.54, 1.807) is 11.9 Å². The lowest BCUT2D eigenvalue weighted by molar-refractivity contribution is 0.423. The van der Waals surface area contributed by atoms with E-state index >= 15 is 0 Å². The number of nitriles is 1. The molecular formula is C4H8N2S2. The summed E-state index contributed by atoms with van der Waals surface area (Å²) in [7, 11) is 1.79. The van der Waals surface area contributed by atoms with E-state index in [4.69, 9.17) is 5.26 Å². The summed E-state index contributed by atoms with van der Waals surface area (Å²) in [6.45, 7) is 0.373. The average Bonchev–Trinajstić information content (AvgIpc) is 1.67. The molecule has 0 atom stereocenters. The van der Waals surface area contributed by atoms with Crippen molar-refractivity contribution in [2.75, 3.05) is 13.6 Å². The highest BCUT2D eigenvalue weighted by molar-refractivity contribution is 7.99. The fourth-order valence-electron chi connectivity index (χ4n) is 0.193. The SMILES string of the molecule is CN(CC#N)C(S)S. The van der Waals surface area contributed by atoms with Gasteiger partial charge in [-0.2, -0.15) is 5.26 Å². The van der Waals surface area contributed by atoms with Crippen molar-refractivity contribution in [3.8, 4) is 6.07 Å². The summed E-state index contributed by atoms with van der Waals surface area (Å²) in [5, 5.41) is 8.13. The van der Waals surface area contributed by atoms with Crippen LogP contribution >= 0.6 is 25.3 Å². The molecule has 0 radical (unpaired) electrons. The van der Waals surface area contributed by atoms with Gasteiger partial charge < -0.3 is 0 Å². The Morgan fingerprint density at radius 1 is 1.75 bits per heavy atom. The molecule has 8 heavy (non-hydrogen) atoms. The van der Waals surface area contributed by atoms with Crippen LogP contribution in [0.4, 0.5) is 0 Å². The van der Waals surface area contributed by atoms with Gasteiger partial charge in [0.25, 0.3) is 0 Å². The third-order valence-corrected chi connectivity index (χ3v) is 1.50. The van der Waals surface area contributed by atoms with Crippen molar-refractivity contribution in [3.63, 3.8) is 0 Å². The minimum Gasteiger partial charge on any atom is -0.273 e. The third kappa shape index (κ3) is 3.19. The maximum Gasteiger partial charge on any atom is 0.0975 e. The lowest BCUT2D eigenvalue weighted by Crippen LogP contribution is -2.22. The van der Waals surface area contributed by atoms with Gasteiger partial charge in [0.2, 0.25) is 0 Å². The highest BCUT2D eigenvalue weighted by Crippen LogP contribution is 2.02. The Balaban J connectivity index is 3.35. The molecule has 0 rings (SSSR count). The van der Waals surface area contributed by atoms with Crippen LogP contribution in [0.15, 0.2) is 0 Å². The summed E-state index contributed by atoms with van der Waals surface area (Å²) in [6, 6.07) is 1.98. The van der Waals surface area contributed by atoms with Gasteiger partial charge in [0.05, 0.1) is 17.3 Å². The second-order valence-electron chi connectivity index (χ2n) is 1.42. The Morgan fingerprint density at radius 2 is 2.25 bits per heavy atom. The van der Waals surface area contributed by atoms with Gasteiger partial charge in [-0.1, -0.05) is 0 Å². The minimum absolute atomic E-state index is 0.130. The summed E-state index contributed by atoms with van der Waals surface area (Å²) in [5.74, 6) is 0. The molecule has 0 N–H and O–H groups in total. The Morgan fingerprint density at radius 3 is 2.38 bits per heavy atom. The van der Waals surface area contributed by atoms with Crippen LogP contribution in [0, 0.1) is 11.3 Å².